The van der Waals surface area contributed by atoms with Gasteiger partial charge < -0.3 is 5.32 Å². The largest absolute Gasteiger partial charge is 0.346 e. The molecule has 2 aromatic carbocycles. The van der Waals surface area contributed by atoms with Crippen LogP contribution in [0.2, 0.25) is 4.34 Å². The Kier molecular flexibility index (Phi) is 6.66. The van der Waals surface area contributed by atoms with Gasteiger partial charge in [0, 0.05) is 19.2 Å². The van der Waals surface area contributed by atoms with Gasteiger partial charge in [-0.05, 0) is 42.7 Å². The molecule has 0 aliphatic carbocycles. The molecule has 0 radical (unpaired) electrons. The third-order valence-corrected chi connectivity index (χ3v) is 7.76. The minimum Gasteiger partial charge on any atom is -0.346 e. The lowest BCUT2D eigenvalue weighted by atomic mass is 10.0. The molecule has 2 aromatic heterocycles. The molecule has 1 aliphatic rings. The molecule has 1 N–H and O–H groups in total. The number of carbonyl (C=O) groups is 3. The van der Waals surface area contributed by atoms with Crippen molar-refractivity contribution < 1.29 is 18.8 Å². The van der Waals surface area contributed by atoms with Gasteiger partial charge in [0.05, 0.1) is 28.2 Å². The van der Waals surface area contributed by atoms with Gasteiger partial charge in [0.2, 0.25) is 0 Å². The molecule has 7 nitrogen and oxygen atoms in total. The SMILES string of the molecule is Cc1ccccc1C[C@@H](CN1C(=O)c2ccccc2C1=O)NC(=O)c1cc(-c2c(F)cnn2C)c(Cl)s1. The highest BCUT2D eigenvalue weighted by Gasteiger charge is 2.37. The van der Waals surface area contributed by atoms with Crippen molar-refractivity contribution in [2.24, 2.45) is 7.05 Å². The van der Waals surface area contributed by atoms with Crippen LogP contribution in [0.5, 0.6) is 0 Å². The first-order valence-electron chi connectivity index (χ1n) is 11.5. The number of rotatable bonds is 7. The van der Waals surface area contributed by atoms with E-state index in [1.54, 1.807) is 31.3 Å². The standard InChI is InChI=1S/C27H22ClFN4O3S/c1-15-7-3-4-8-16(15)11-17(14-33-26(35)18-9-5-6-10-19(18)27(33)36)31-25(34)22-12-20(24(28)37-22)23-21(29)13-30-32(23)2/h3-10,12-13,17H,11,14H2,1-2H3,(H,31,34)/t17-/m0/s1. The first-order chi connectivity index (χ1) is 17.7. The maximum atomic E-state index is 14.3. The van der Waals surface area contributed by atoms with E-state index in [2.05, 4.69) is 10.4 Å². The molecule has 1 aliphatic heterocycles. The van der Waals surface area contributed by atoms with Crippen LogP contribution in [0, 0.1) is 12.7 Å². The number of hydrogen-bond acceptors (Lipinski definition) is 5. The zero-order chi connectivity index (χ0) is 26.3. The van der Waals surface area contributed by atoms with E-state index in [1.807, 2.05) is 31.2 Å². The topological polar surface area (TPSA) is 84.3 Å². The first-order valence-corrected chi connectivity index (χ1v) is 12.7. The van der Waals surface area contributed by atoms with Crippen molar-refractivity contribution in [1.29, 1.82) is 0 Å². The first kappa shape index (κ1) is 24.9. The molecular weight excluding hydrogens is 515 g/mol. The number of nitrogens with one attached hydrogen (secondary N) is 1. The van der Waals surface area contributed by atoms with Crippen LogP contribution in [-0.2, 0) is 13.5 Å². The second kappa shape index (κ2) is 9.91. The van der Waals surface area contributed by atoms with Crippen LogP contribution in [0.3, 0.4) is 0 Å². The average molecular weight is 537 g/mol. The molecule has 10 heteroatoms. The number of halogens is 2. The van der Waals surface area contributed by atoms with Crippen LogP contribution >= 0.6 is 22.9 Å². The number of benzene rings is 2. The Morgan fingerprint density at radius 3 is 2.35 bits per heavy atom. The maximum absolute atomic E-state index is 14.3. The molecule has 0 saturated carbocycles. The lowest BCUT2D eigenvalue weighted by Gasteiger charge is -2.24. The van der Waals surface area contributed by atoms with E-state index in [0.717, 1.165) is 28.7 Å². The maximum Gasteiger partial charge on any atom is 0.261 e. The molecule has 3 amide bonds. The fourth-order valence-corrected chi connectivity index (χ4v) is 5.68. The molecule has 0 unspecified atom stereocenters. The molecule has 0 saturated heterocycles. The van der Waals surface area contributed by atoms with Crippen molar-refractivity contribution in [2.75, 3.05) is 6.54 Å². The summed E-state index contributed by atoms with van der Waals surface area (Å²) in [7, 11) is 1.59. The zero-order valence-electron chi connectivity index (χ0n) is 20.0. The molecule has 3 heterocycles. The lowest BCUT2D eigenvalue weighted by molar-refractivity contribution is 0.0629. The van der Waals surface area contributed by atoms with Gasteiger partial charge in [0.1, 0.15) is 10.0 Å². The van der Waals surface area contributed by atoms with E-state index >= 15 is 0 Å². The minimum absolute atomic E-state index is 0.00521. The Bertz CT molecular complexity index is 1490. The van der Waals surface area contributed by atoms with Crippen molar-refractivity contribution in [3.63, 3.8) is 0 Å². The minimum atomic E-state index is -0.575. The van der Waals surface area contributed by atoms with Crippen molar-refractivity contribution in [3.05, 3.63) is 98.1 Å². The summed E-state index contributed by atoms with van der Waals surface area (Å²) in [4.78, 5) is 40.8. The van der Waals surface area contributed by atoms with Crippen molar-refractivity contribution >= 4 is 40.7 Å². The van der Waals surface area contributed by atoms with Crippen LogP contribution in [-0.4, -0.2) is 45.0 Å². The monoisotopic (exact) mass is 536 g/mol. The van der Waals surface area contributed by atoms with Gasteiger partial charge in [-0.3, -0.25) is 24.0 Å². The number of imide groups is 1. The van der Waals surface area contributed by atoms with E-state index in [-0.39, 0.29) is 21.5 Å². The molecule has 1 atom stereocenters. The molecular formula is C27H22ClFN4O3S. The van der Waals surface area contributed by atoms with E-state index in [1.165, 1.54) is 15.6 Å². The molecule has 37 heavy (non-hydrogen) atoms. The molecule has 5 rings (SSSR count). The summed E-state index contributed by atoms with van der Waals surface area (Å²) >= 11 is 7.39. The van der Waals surface area contributed by atoms with Gasteiger partial charge >= 0.3 is 0 Å². The van der Waals surface area contributed by atoms with E-state index in [4.69, 9.17) is 11.6 Å². The third kappa shape index (κ3) is 4.68. The predicted octanol–water partition coefficient (Wildman–Crippen LogP) is 4.89. The zero-order valence-corrected chi connectivity index (χ0v) is 21.6. The van der Waals surface area contributed by atoms with Crippen LogP contribution < -0.4 is 5.32 Å². The Labute approximate surface area is 221 Å². The van der Waals surface area contributed by atoms with Crippen molar-refractivity contribution in [3.8, 4) is 11.3 Å². The number of aryl methyl sites for hydroxylation is 2. The summed E-state index contributed by atoms with van der Waals surface area (Å²) in [5.41, 5.74) is 3.25. The Morgan fingerprint density at radius 1 is 1.08 bits per heavy atom. The highest BCUT2D eigenvalue weighted by molar-refractivity contribution is 7.18. The van der Waals surface area contributed by atoms with Crippen molar-refractivity contribution in [1.82, 2.24) is 20.0 Å². The second-order valence-electron chi connectivity index (χ2n) is 8.83. The average Bonchev–Trinajstić information content (AvgIpc) is 3.50. The van der Waals surface area contributed by atoms with Crippen LogP contribution in [0.1, 0.15) is 41.5 Å². The molecule has 0 fully saturated rings. The summed E-state index contributed by atoms with van der Waals surface area (Å²) in [5, 5.41) is 6.87. The van der Waals surface area contributed by atoms with Gasteiger partial charge in [-0.25, -0.2) is 4.39 Å². The summed E-state index contributed by atoms with van der Waals surface area (Å²) in [5.74, 6) is -1.76. The second-order valence-corrected chi connectivity index (χ2v) is 10.5. The number of fused-ring (bicyclic) bond motifs is 1. The highest BCUT2D eigenvalue weighted by atomic mass is 35.5. The third-order valence-electron chi connectivity index (χ3n) is 6.40. The van der Waals surface area contributed by atoms with Gasteiger partial charge in [-0.15, -0.1) is 11.3 Å². The fraction of sp³-hybridized carbons (Fsp3) is 0.185. The highest BCUT2D eigenvalue weighted by Crippen LogP contribution is 2.36. The summed E-state index contributed by atoms with van der Waals surface area (Å²) in [6.45, 7) is 1.96. The number of aromatic nitrogens is 2. The Morgan fingerprint density at radius 2 is 1.73 bits per heavy atom. The Balaban J connectivity index is 1.42. The van der Waals surface area contributed by atoms with E-state index < -0.39 is 29.6 Å². The quantitative estimate of drug-likeness (QED) is 0.341. The van der Waals surface area contributed by atoms with Crippen LogP contribution in [0.25, 0.3) is 11.3 Å². The van der Waals surface area contributed by atoms with Gasteiger partial charge in [-0.1, -0.05) is 48.0 Å². The number of thiophene rings is 1. The number of amides is 3. The molecule has 188 valence electrons. The Hall–Kier alpha value is -3.82. The van der Waals surface area contributed by atoms with Gasteiger partial charge in [0.15, 0.2) is 5.82 Å². The van der Waals surface area contributed by atoms with Crippen molar-refractivity contribution in [2.45, 2.75) is 19.4 Å². The summed E-state index contributed by atoms with van der Waals surface area (Å²) < 4.78 is 15.9. The predicted molar refractivity (Wildman–Crippen MR) is 139 cm³/mol. The lowest BCUT2D eigenvalue weighted by Crippen LogP contribution is -2.46. The normalized spacial score (nSPS) is 13.7. The summed E-state index contributed by atoms with van der Waals surface area (Å²) in [6.07, 6.45) is 1.48. The number of nitrogens with zero attached hydrogens (tertiary/aromatic N) is 3. The van der Waals surface area contributed by atoms with Crippen LogP contribution in [0.15, 0.2) is 60.8 Å². The summed E-state index contributed by atoms with van der Waals surface area (Å²) in [6, 6.07) is 15.3. The smallest absolute Gasteiger partial charge is 0.261 e. The van der Waals surface area contributed by atoms with Gasteiger partial charge in [0.25, 0.3) is 17.7 Å². The molecule has 4 aromatic rings. The van der Waals surface area contributed by atoms with E-state index in [0.29, 0.717) is 23.1 Å². The van der Waals surface area contributed by atoms with E-state index in [9.17, 15) is 18.8 Å². The fourth-order valence-electron chi connectivity index (χ4n) is 4.50. The number of hydrogen-bond donors (Lipinski definition) is 1. The number of carbonyl (C=O) groups excluding carboxylic acids is 3. The van der Waals surface area contributed by atoms with Crippen LogP contribution in [0.4, 0.5) is 4.39 Å². The molecule has 0 spiro atoms. The van der Waals surface area contributed by atoms with Gasteiger partial charge in [-0.2, -0.15) is 5.10 Å². The molecule has 0 bridgehead atoms.